The Bertz CT molecular complexity index is 387. The summed E-state index contributed by atoms with van der Waals surface area (Å²) < 4.78 is 44.8. The Hall–Kier alpha value is -1.30. The van der Waals surface area contributed by atoms with Crippen molar-refractivity contribution >= 4 is 28.9 Å². The molecule has 0 saturated carbocycles. The number of methoxy groups -OCH3 is 1. The van der Waals surface area contributed by atoms with Crippen molar-refractivity contribution in [1.29, 1.82) is 5.39 Å². The average molecular weight is 301 g/mol. The summed E-state index contributed by atoms with van der Waals surface area (Å²) in [5.41, 5.74) is 0.477. The Morgan fingerprint density at radius 3 is 2.19 bits per heavy atom. The van der Waals surface area contributed by atoms with Gasteiger partial charge in [-0.15, -0.1) is 0 Å². The molecule has 0 aliphatic heterocycles. The van der Waals surface area contributed by atoms with E-state index < -0.39 is 7.25 Å². The standard InChI is InChI=1S/C7H6BrN2O.BF4/c1-11-7-4-5(10-9)2-3-6(7)8;2-1(3,4)5/h2-4H,1H3;/q+1;-1. The molecule has 0 unspecified atom stereocenters. The molecule has 0 aromatic heterocycles. The summed E-state index contributed by atoms with van der Waals surface area (Å²) in [7, 11) is -4.44. The van der Waals surface area contributed by atoms with Gasteiger partial charge in [0.15, 0.2) is 4.98 Å². The Labute approximate surface area is 97.3 Å². The van der Waals surface area contributed by atoms with Gasteiger partial charge in [0.25, 0.3) is 0 Å². The van der Waals surface area contributed by atoms with Crippen molar-refractivity contribution in [2.75, 3.05) is 7.11 Å². The number of ether oxygens (including phenoxy) is 1. The highest BCUT2D eigenvalue weighted by Gasteiger charge is 2.20. The van der Waals surface area contributed by atoms with Crippen molar-refractivity contribution in [3.05, 3.63) is 27.6 Å². The summed E-state index contributed by atoms with van der Waals surface area (Å²) in [5.74, 6) is 0.653. The summed E-state index contributed by atoms with van der Waals surface area (Å²) in [4.78, 5) is 3.02. The van der Waals surface area contributed by atoms with Gasteiger partial charge in [0.2, 0.25) is 5.39 Å². The van der Waals surface area contributed by atoms with E-state index in [4.69, 9.17) is 10.1 Å². The second kappa shape index (κ2) is 6.32. The first-order valence-corrected chi connectivity index (χ1v) is 4.63. The first-order chi connectivity index (χ1) is 7.27. The lowest BCUT2D eigenvalue weighted by Crippen LogP contribution is -2.02. The first-order valence-electron chi connectivity index (χ1n) is 3.84. The van der Waals surface area contributed by atoms with Crippen LogP contribution in [-0.2, 0) is 0 Å². The van der Waals surface area contributed by atoms with Crippen molar-refractivity contribution < 1.29 is 22.0 Å². The molecule has 0 N–H and O–H groups in total. The molecular formula is C7H6BBrF4N2O. The van der Waals surface area contributed by atoms with Gasteiger partial charge in [0, 0.05) is 6.07 Å². The molecule has 16 heavy (non-hydrogen) atoms. The summed E-state index contributed by atoms with van der Waals surface area (Å²) in [6.07, 6.45) is 0. The van der Waals surface area contributed by atoms with E-state index in [0.717, 1.165) is 4.47 Å². The van der Waals surface area contributed by atoms with Crippen molar-refractivity contribution in [1.82, 2.24) is 0 Å². The van der Waals surface area contributed by atoms with Gasteiger partial charge in [-0.05, 0) is 22.0 Å². The summed E-state index contributed by atoms with van der Waals surface area (Å²) in [5, 5.41) is 8.40. The highest BCUT2D eigenvalue weighted by molar-refractivity contribution is 9.10. The lowest BCUT2D eigenvalue weighted by atomic mass is 10.3. The Balaban J connectivity index is 0.000000385. The van der Waals surface area contributed by atoms with Crippen molar-refractivity contribution in [2.45, 2.75) is 0 Å². The van der Waals surface area contributed by atoms with Crippen LogP contribution in [0.4, 0.5) is 23.0 Å². The topological polar surface area (TPSA) is 37.4 Å². The number of nitrogens with zero attached hydrogens (tertiary/aromatic N) is 2. The zero-order valence-corrected chi connectivity index (χ0v) is 9.59. The number of rotatable bonds is 1. The van der Waals surface area contributed by atoms with E-state index in [1.807, 2.05) is 0 Å². The fraction of sp³-hybridized carbons (Fsp3) is 0.143. The molecule has 0 spiro atoms. The third-order valence-electron chi connectivity index (χ3n) is 1.25. The van der Waals surface area contributed by atoms with Gasteiger partial charge in [-0.25, -0.2) is 0 Å². The van der Waals surface area contributed by atoms with Gasteiger partial charge in [-0.3, -0.25) is 0 Å². The maximum Gasteiger partial charge on any atom is 0.673 e. The Morgan fingerprint density at radius 1 is 1.31 bits per heavy atom. The fourth-order valence-electron chi connectivity index (χ4n) is 0.711. The van der Waals surface area contributed by atoms with Crippen molar-refractivity contribution in [3.8, 4) is 5.75 Å². The summed E-state index contributed by atoms with van der Waals surface area (Å²) >= 11 is 3.27. The number of hydrogen-bond acceptors (Lipinski definition) is 2. The second-order valence-corrected chi connectivity index (χ2v) is 3.27. The second-order valence-electron chi connectivity index (χ2n) is 2.41. The third-order valence-corrected chi connectivity index (χ3v) is 1.91. The minimum absolute atomic E-state index is 0.477. The minimum Gasteiger partial charge on any atom is -0.495 e. The van der Waals surface area contributed by atoms with Crippen LogP contribution in [0.3, 0.4) is 0 Å². The van der Waals surface area contributed by atoms with Crippen LogP contribution in [0.5, 0.6) is 5.75 Å². The van der Waals surface area contributed by atoms with Crippen molar-refractivity contribution in [2.24, 2.45) is 0 Å². The highest BCUT2D eigenvalue weighted by Crippen LogP contribution is 2.28. The lowest BCUT2D eigenvalue weighted by molar-refractivity contribution is 0.368. The lowest BCUT2D eigenvalue weighted by Gasteiger charge is -1.97. The monoisotopic (exact) mass is 300 g/mol. The summed E-state index contributed by atoms with van der Waals surface area (Å²) in [6.45, 7) is 0. The quantitative estimate of drug-likeness (QED) is 0.442. The molecule has 0 saturated heterocycles. The van der Waals surface area contributed by atoms with E-state index >= 15 is 0 Å². The van der Waals surface area contributed by atoms with E-state index in [1.165, 1.54) is 0 Å². The molecule has 1 aromatic rings. The molecule has 0 amide bonds. The largest absolute Gasteiger partial charge is 0.673 e. The molecule has 0 aliphatic carbocycles. The molecule has 0 aliphatic rings. The number of diazo groups is 1. The van der Waals surface area contributed by atoms with Crippen LogP contribution in [0.1, 0.15) is 0 Å². The van der Waals surface area contributed by atoms with Gasteiger partial charge < -0.3 is 22.0 Å². The minimum atomic E-state index is -6.00. The zero-order valence-electron chi connectivity index (χ0n) is 8.00. The predicted molar refractivity (Wildman–Crippen MR) is 55.6 cm³/mol. The molecule has 3 nitrogen and oxygen atoms in total. The van der Waals surface area contributed by atoms with Crippen LogP contribution in [0.2, 0.25) is 0 Å². The molecule has 0 bridgehead atoms. The van der Waals surface area contributed by atoms with Crippen LogP contribution in [0, 0.1) is 5.39 Å². The molecule has 0 fully saturated rings. The molecule has 1 rings (SSSR count). The molecule has 1 aromatic carbocycles. The third kappa shape index (κ3) is 7.06. The van der Waals surface area contributed by atoms with Crippen LogP contribution < -0.4 is 4.74 Å². The molecule has 0 radical (unpaired) electrons. The molecule has 0 atom stereocenters. The van der Waals surface area contributed by atoms with E-state index in [0.29, 0.717) is 11.4 Å². The van der Waals surface area contributed by atoms with Gasteiger partial charge in [0.05, 0.1) is 17.6 Å². The van der Waals surface area contributed by atoms with E-state index in [1.54, 1.807) is 25.3 Å². The number of hydrogen-bond donors (Lipinski definition) is 0. The van der Waals surface area contributed by atoms with E-state index in [9.17, 15) is 17.3 Å². The molecule has 0 heterocycles. The predicted octanol–water partition coefficient (Wildman–Crippen LogP) is 4.24. The van der Waals surface area contributed by atoms with Crippen LogP contribution in [0.15, 0.2) is 22.7 Å². The normalized spacial score (nSPS) is 9.81. The highest BCUT2D eigenvalue weighted by atomic mass is 79.9. The maximum absolute atomic E-state index is 9.75. The van der Waals surface area contributed by atoms with Gasteiger partial charge in [0.1, 0.15) is 5.75 Å². The summed E-state index contributed by atoms with van der Waals surface area (Å²) in [6, 6.07) is 5.06. The van der Waals surface area contributed by atoms with E-state index in [2.05, 4.69) is 20.9 Å². The van der Waals surface area contributed by atoms with Gasteiger partial charge in [-0.2, -0.15) is 0 Å². The van der Waals surface area contributed by atoms with Gasteiger partial charge in [-0.1, -0.05) is 0 Å². The molecular weight excluding hydrogens is 295 g/mol. The molecule has 9 heteroatoms. The Morgan fingerprint density at radius 2 is 1.81 bits per heavy atom. The van der Waals surface area contributed by atoms with Crippen LogP contribution >= 0.6 is 15.9 Å². The van der Waals surface area contributed by atoms with Gasteiger partial charge >= 0.3 is 12.9 Å². The van der Waals surface area contributed by atoms with Crippen LogP contribution in [-0.4, -0.2) is 14.4 Å². The maximum atomic E-state index is 9.75. The van der Waals surface area contributed by atoms with Crippen LogP contribution in [0.25, 0.3) is 4.98 Å². The van der Waals surface area contributed by atoms with E-state index in [-0.39, 0.29) is 0 Å². The SMILES string of the molecule is COc1cc([N+]#N)ccc1Br.F[B-](F)(F)F. The smallest absolute Gasteiger partial charge is 0.495 e. The first kappa shape index (κ1) is 14.7. The molecule has 88 valence electrons. The van der Waals surface area contributed by atoms with Crippen molar-refractivity contribution in [3.63, 3.8) is 0 Å². The zero-order chi connectivity index (χ0) is 12.8. The Kier molecular flexibility index (Phi) is 5.81. The number of benzene rings is 1. The average Bonchev–Trinajstić information content (AvgIpc) is 2.16. The number of halogens is 5. The fourth-order valence-corrected chi connectivity index (χ4v) is 1.12.